The second-order valence-corrected chi connectivity index (χ2v) is 4.76. The first-order chi connectivity index (χ1) is 8.00. The fraction of sp³-hybridized carbons (Fsp3) is 0.462. The number of carboxylic acids is 1. The zero-order valence-corrected chi connectivity index (χ0v) is 10.8. The van der Waals surface area contributed by atoms with Crippen LogP contribution in [0.2, 0.25) is 5.02 Å². The lowest BCUT2D eigenvalue weighted by Gasteiger charge is -2.15. The largest absolute Gasteiger partial charge is 0.479 e. The molecule has 0 unspecified atom stereocenters. The molecule has 0 bridgehead atoms. The molecular formula is C13H17ClO3. The predicted octanol–water partition coefficient (Wildman–Crippen LogP) is 3.01. The Hall–Kier alpha value is -1.06. The summed E-state index contributed by atoms with van der Waals surface area (Å²) in [7, 11) is 0. The van der Waals surface area contributed by atoms with Gasteiger partial charge < -0.3 is 9.84 Å². The third-order valence-corrected chi connectivity index (χ3v) is 2.64. The molecule has 1 rings (SSSR count). The Kier molecular flexibility index (Phi) is 5.45. The minimum atomic E-state index is -0.953. The normalized spacial score (nSPS) is 12.7. The molecule has 4 heteroatoms. The molecular weight excluding hydrogens is 240 g/mol. The molecule has 0 aliphatic carbocycles. The maximum atomic E-state index is 11.1. The molecule has 0 fully saturated rings. The number of benzene rings is 1. The average Bonchev–Trinajstić information content (AvgIpc) is 2.25. The van der Waals surface area contributed by atoms with Gasteiger partial charge in [-0.3, -0.25) is 0 Å². The van der Waals surface area contributed by atoms with E-state index in [1.807, 2.05) is 32.0 Å². The van der Waals surface area contributed by atoms with Crippen molar-refractivity contribution in [1.29, 1.82) is 0 Å². The summed E-state index contributed by atoms with van der Waals surface area (Å²) >= 11 is 5.99. The van der Waals surface area contributed by atoms with Crippen LogP contribution >= 0.6 is 11.6 Å². The van der Waals surface area contributed by atoms with E-state index in [1.165, 1.54) is 0 Å². The van der Waals surface area contributed by atoms with Gasteiger partial charge in [0.25, 0.3) is 0 Å². The predicted molar refractivity (Wildman–Crippen MR) is 67.4 cm³/mol. The number of hydrogen-bond acceptors (Lipinski definition) is 2. The summed E-state index contributed by atoms with van der Waals surface area (Å²) in [6.07, 6.45) is -0.542. The van der Waals surface area contributed by atoms with Crippen molar-refractivity contribution in [3.05, 3.63) is 34.9 Å². The lowest BCUT2D eigenvalue weighted by Crippen LogP contribution is -2.28. The molecule has 0 aliphatic rings. The molecule has 0 saturated carbocycles. The maximum absolute atomic E-state index is 11.1. The molecule has 0 spiro atoms. The van der Waals surface area contributed by atoms with Crippen molar-refractivity contribution >= 4 is 17.6 Å². The van der Waals surface area contributed by atoms with Crippen LogP contribution in [0.1, 0.15) is 19.4 Å². The summed E-state index contributed by atoms with van der Waals surface area (Å²) < 4.78 is 5.37. The van der Waals surface area contributed by atoms with Crippen LogP contribution in [-0.2, 0) is 16.0 Å². The summed E-state index contributed by atoms with van der Waals surface area (Å²) in [5.74, 6) is -0.645. The van der Waals surface area contributed by atoms with E-state index in [4.69, 9.17) is 21.4 Å². The molecule has 17 heavy (non-hydrogen) atoms. The van der Waals surface area contributed by atoms with Gasteiger partial charge in [0.2, 0.25) is 0 Å². The minimum Gasteiger partial charge on any atom is -0.479 e. The first-order valence-corrected chi connectivity index (χ1v) is 5.96. The number of rotatable bonds is 6. The Morgan fingerprint density at radius 2 is 2.06 bits per heavy atom. The van der Waals surface area contributed by atoms with Gasteiger partial charge in [0.1, 0.15) is 0 Å². The van der Waals surface area contributed by atoms with E-state index < -0.39 is 12.1 Å². The number of ether oxygens (including phenoxy) is 1. The Balaban J connectivity index is 2.67. The number of carboxylic acid groups (broad SMARTS) is 1. The first-order valence-electron chi connectivity index (χ1n) is 5.58. The molecule has 0 heterocycles. The smallest absolute Gasteiger partial charge is 0.333 e. The zero-order chi connectivity index (χ0) is 12.8. The van der Waals surface area contributed by atoms with Gasteiger partial charge in [-0.05, 0) is 17.5 Å². The molecule has 0 aromatic heterocycles. The quantitative estimate of drug-likeness (QED) is 0.851. The first kappa shape index (κ1) is 14.0. The Morgan fingerprint density at radius 1 is 1.41 bits per heavy atom. The number of hydrogen-bond donors (Lipinski definition) is 1. The van der Waals surface area contributed by atoms with Crippen molar-refractivity contribution in [2.45, 2.75) is 26.4 Å². The fourth-order valence-corrected chi connectivity index (χ4v) is 1.60. The fourth-order valence-electron chi connectivity index (χ4n) is 1.39. The maximum Gasteiger partial charge on any atom is 0.333 e. The van der Waals surface area contributed by atoms with E-state index in [-0.39, 0.29) is 0 Å². The van der Waals surface area contributed by atoms with Gasteiger partial charge in [-0.15, -0.1) is 0 Å². The van der Waals surface area contributed by atoms with Gasteiger partial charge in [0, 0.05) is 11.4 Å². The number of carbonyl (C=O) groups is 1. The Labute approximate surface area is 106 Å². The summed E-state index contributed by atoms with van der Waals surface area (Å²) in [5.41, 5.74) is 0.797. The van der Waals surface area contributed by atoms with Crippen LogP contribution in [0.15, 0.2) is 24.3 Å². The van der Waals surface area contributed by atoms with Crippen LogP contribution in [0, 0.1) is 5.92 Å². The highest BCUT2D eigenvalue weighted by molar-refractivity contribution is 6.31. The lowest BCUT2D eigenvalue weighted by atomic mass is 10.1. The molecule has 0 aliphatic heterocycles. The van der Waals surface area contributed by atoms with E-state index in [1.54, 1.807) is 6.07 Å². The second-order valence-electron chi connectivity index (χ2n) is 4.35. The highest BCUT2D eigenvalue weighted by atomic mass is 35.5. The van der Waals surface area contributed by atoms with E-state index in [2.05, 4.69) is 0 Å². The van der Waals surface area contributed by atoms with Crippen LogP contribution in [-0.4, -0.2) is 23.8 Å². The minimum absolute atomic E-state index is 0.293. The van der Waals surface area contributed by atoms with Crippen LogP contribution in [0.25, 0.3) is 0 Å². The molecule has 0 amide bonds. The van der Waals surface area contributed by atoms with Gasteiger partial charge in [-0.2, -0.15) is 0 Å². The average molecular weight is 257 g/mol. The standard InChI is InChI=1S/C13H17ClO3/c1-9(2)8-17-12(13(15)16)7-10-5-3-4-6-11(10)14/h3-6,9,12H,7-8H2,1-2H3,(H,15,16)/t12-/m1/s1. The summed E-state index contributed by atoms with van der Waals surface area (Å²) in [6.45, 7) is 4.39. The summed E-state index contributed by atoms with van der Waals surface area (Å²) in [4.78, 5) is 11.1. The van der Waals surface area contributed by atoms with Gasteiger partial charge >= 0.3 is 5.97 Å². The number of aliphatic carboxylic acids is 1. The van der Waals surface area contributed by atoms with Crippen molar-refractivity contribution in [2.24, 2.45) is 5.92 Å². The molecule has 1 atom stereocenters. The summed E-state index contributed by atoms with van der Waals surface area (Å²) in [5, 5.41) is 9.65. The van der Waals surface area contributed by atoms with E-state index in [0.717, 1.165) is 5.56 Å². The third kappa shape index (κ3) is 4.75. The second kappa shape index (κ2) is 6.62. The van der Waals surface area contributed by atoms with Crippen LogP contribution in [0.5, 0.6) is 0 Å². The SMILES string of the molecule is CC(C)CO[C@H](Cc1ccccc1Cl)C(=O)O. The number of halogens is 1. The molecule has 1 aromatic carbocycles. The molecule has 94 valence electrons. The van der Waals surface area contributed by atoms with Crippen LogP contribution < -0.4 is 0 Å². The zero-order valence-electron chi connectivity index (χ0n) is 10.0. The van der Waals surface area contributed by atoms with Crippen molar-refractivity contribution in [3.63, 3.8) is 0 Å². The van der Waals surface area contributed by atoms with Gasteiger partial charge in [-0.1, -0.05) is 43.6 Å². The van der Waals surface area contributed by atoms with Gasteiger partial charge in [0.15, 0.2) is 6.10 Å². The molecule has 3 nitrogen and oxygen atoms in total. The summed E-state index contributed by atoms with van der Waals surface area (Å²) in [6, 6.07) is 7.22. The molecule has 0 radical (unpaired) electrons. The molecule has 1 N–H and O–H groups in total. The Bertz CT molecular complexity index is 377. The van der Waals surface area contributed by atoms with Crippen LogP contribution in [0.4, 0.5) is 0 Å². The molecule has 1 aromatic rings. The molecule has 0 saturated heterocycles. The van der Waals surface area contributed by atoms with E-state index in [9.17, 15) is 4.79 Å². The van der Waals surface area contributed by atoms with Crippen LogP contribution in [0.3, 0.4) is 0 Å². The van der Waals surface area contributed by atoms with Gasteiger partial charge in [-0.25, -0.2) is 4.79 Å². The van der Waals surface area contributed by atoms with Crippen molar-refractivity contribution in [1.82, 2.24) is 0 Å². The van der Waals surface area contributed by atoms with Crippen molar-refractivity contribution in [3.8, 4) is 0 Å². The van der Waals surface area contributed by atoms with Crippen molar-refractivity contribution < 1.29 is 14.6 Å². The Morgan fingerprint density at radius 3 is 2.59 bits per heavy atom. The van der Waals surface area contributed by atoms with E-state index in [0.29, 0.717) is 24.0 Å². The van der Waals surface area contributed by atoms with E-state index >= 15 is 0 Å². The van der Waals surface area contributed by atoms with Gasteiger partial charge in [0.05, 0.1) is 6.61 Å². The monoisotopic (exact) mass is 256 g/mol. The lowest BCUT2D eigenvalue weighted by molar-refractivity contribution is -0.150. The highest BCUT2D eigenvalue weighted by Crippen LogP contribution is 2.18. The highest BCUT2D eigenvalue weighted by Gasteiger charge is 2.20. The third-order valence-electron chi connectivity index (χ3n) is 2.27. The topological polar surface area (TPSA) is 46.5 Å². The van der Waals surface area contributed by atoms with Crippen molar-refractivity contribution in [2.75, 3.05) is 6.61 Å².